The molecular weight excluding hydrogens is 392 g/mol. The summed E-state index contributed by atoms with van der Waals surface area (Å²) in [6, 6.07) is 14.4. The van der Waals surface area contributed by atoms with Gasteiger partial charge in [-0.15, -0.1) is 0 Å². The van der Waals surface area contributed by atoms with Crippen molar-refractivity contribution in [2.45, 2.75) is 31.3 Å². The van der Waals surface area contributed by atoms with E-state index in [9.17, 15) is 0 Å². The van der Waals surface area contributed by atoms with Crippen LogP contribution in [-0.4, -0.2) is 65.1 Å². The zero-order chi connectivity index (χ0) is 21.8. The molecule has 0 amide bonds. The van der Waals surface area contributed by atoms with Crippen molar-refractivity contribution in [3.05, 3.63) is 54.5 Å². The third-order valence-corrected chi connectivity index (χ3v) is 5.77. The second-order valence-corrected chi connectivity index (χ2v) is 7.96. The van der Waals surface area contributed by atoms with Crippen LogP contribution in [0, 0.1) is 0 Å². The summed E-state index contributed by atoms with van der Waals surface area (Å²) in [5.41, 5.74) is 0.996. The molecule has 2 N–H and O–H groups in total. The van der Waals surface area contributed by atoms with Crippen LogP contribution < -0.4 is 15.5 Å². The summed E-state index contributed by atoms with van der Waals surface area (Å²) >= 11 is 0. The second kappa shape index (κ2) is 12.4. The smallest absolute Gasteiger partial charge is 0.191 e. The molecule has 3 rings (SSSR count). The van der Waals surface area contributed by atoms with E-state index in [1.165, 1.54) is 5.69 Å². The standard InChI is InChI=1S/C24H36N4O3/c1-28(21-8-4-3-5-9-21)16-7-14-25-23(26-15-11-22-10-6-17-31-22)27-20-24(29-2)12-18-30-19-13-24/h3-6,8-10,17H,7,11-16,18-20H2,1-2H3,(H2,25,26,27). The lowest BCUT2D eigenvalue weighted by atomic mass is 9.94. The Kier molecular flexibility index (Phi) is 9.24. The Morgan fingerprint density at radius 1 is 1.10 bits per heavy atom. The lowest BCUT2D eigenvalue weighted by molar-refractivity contribution is -0.0828. The Morgan fingerprint density at radius 3 is 2.58 bits per heavy atom. The summed E-state index contributed by atoms with van der Waals surface area (Å²) in [5, 5.41) is 6.92. The number of benzene rings is 1. The van der Waals surface area contributed by atoms with Crippen molar-refractivity contribution in [1.82, 2.24) is 10.6 Å². The quantitative estimate of drug-likeness (QED) is 0.326. The van der Waals surface area contributed by atoms with Gasteiger partial charge in [-0.2, -0.15) is 0 Å². The molecule has 1 aliphatic heterocycles. The zero-order valence-corrected chi connectivity index (χ0v) is 18.8. The minimum atomic E-state index is -0.235. The Morgan fingerprint density at radius 2 is 1.87 bits per heavy atom. The highest BCUT2D eigenvalue weighted by atomic mass is 16.5. The normalized spacial score (nSPS) is 16.1. The van der Waals surface area contributed by atoms with Gasteiger partial charge in [0.25, 0.3) is 0 Å². The first kappa shape index (κ1) is 23.2. The van der Waals surface area contributed by atoms with E-state index in [0.29, 0.717) is 6.54 Å². The van der Waals surface area contributed by atoms with E-state index in [-0.39, 0.29) is 5.60 Å². The molecule has 0 radical (unpaired) electrons. The van der Waals surface area contributed by atoms with Crippen LogP contribution >= 0.6 is 0 Å². The topological polar surface area (TPSA) is 71.3 Å². The van der Waals surface area contributed by atoms with Gasteiger partial charge in [0.05, 0.1) is 18.4 Å². The number of hydrogen-bond donors (Lipinski definition) is 2. The SMILES string of the molecule is COC1(CN=C(NCCCN(C)c2ccccc2)NCCc2ccco2)CCOCC1. The molecule has 0 unspecified atom stereocenters. The molecule has 0 saturated carbocycles. The number of para-hydroxylation sites is 1. The number of nitrogens with one attached hydrogen (secondary N) is 2. The Hall–Kier alpha value is -2.51. The van der Waals surface area contributed by atoms with Gasteiger partial charge in [-0.1, -0.05) is 18.2 Å². The van der Waals surface area contributed by atoms with Gasteiger partial charge < -0.3 is 29.4 Å². The highest BCUT2D eigenvalue weighted by Gasteiger charge is 2.32. The lowest BCUT2D eigenvalue weighted by Crippen LogP contribution is -2.44. The van der Waals surface area contributed by atoms with E-state index in [2.05, 4.69) is 46.8 Å². The van der Waals surface area contributed by atoms with Gasteiger partial charge in [0.15, 0.2) is 5.96 Å². The molecule has 31 heavy (non-hydrogen) atoms. The second-order valence-electron chi connectivity index (χ2n) is 7.96. The van der Waals surface area contributed by atoms with Crippen molar-refractivity contribution in [2.75, 3.05) is 58.5 Å². The first-order chi connectivity index (χ1) is 15.2. The molecule has 0 spiro atoms. The van der Waals surface area contributed by atoms with Crippen LogP contribution in [0.2, 0.25) is 0 Å². The molecule has 0 atom stereocenters. The van der Waals surface area contributed by atoms with E-state index in [1.807, 2.05) is 18.2 Å². The highest BCUT2D eigenvalue weighted by Crippen LogP contribution is 2.24. The van der Waals surface area contributed by atoms with E-state index in [1.54, 1.807) is 13.4 Å². The van der Waals surface area contributed by atoms with Crippen molar-refractivity contribution in [1.29, 1.82) is 0 Å². The third kappa shape index (κ3) is 7.60. The summed E-state index contributed by atoms with van der Waals surface area (Å²) in [6.45, 7) is 4.63. The molecular formula is C24H36N4O3. The van der Waals surface area contributed by atoms with Gasteiger partial charge in [0.2, 0.25) is 0 Å². The Balaban J connectivity index is 1.50. The number of rotatable bonds is 11. The summed E-state index contributed by atoms with van der Waals surface area (Å²) < 4.78 is 16.8. The van der Waals surface area contributed by atoms with E-state index >= 15 is 0 Å². The Bertz CT molecular complexity index is 758. The van der Waals surface area contributed by atoms with E-state index in [0.717, 1.165) is 70.3 Å². The molecule has 1 fully saturated rings. The van der Waals surface area contributed by atoms with Gasteiger partial charge in [-0.25, -0.2) is 0 Å². The lowest BCUT2D eigenvalue weighted by Gasteiger charge is -2.34. The van der Waals surface area contributed by atoms with Crippen LogP contribution in [-0.2, 0) is 15.9 Å². The number of aliphatic imine (C=N–C) groups is 1. The maximum Gasteiger partial charge on any atom is 0.191 e. The van der Waals surface area contributed by atoms with Crippen LogP contribution in [0.15, 0.2) is 58.1 Å². The average molecular weight is 429 g/mol. The summed E-state index contributed by atoms with van der Waals surface area (Å²) in [5.74, 6) is 1.78. The number of methoxy groups -OCH3 is 1. The number of furan rings is 1. The largest absolute Gasteiger partial charge is 0.469 e. The Labute approximate surface area is 185 Å². The van der Waals surface area contributed by atoms with Gasteiger partial charge in [-0.3, -0.25) is 4.99 Å². The number of hydrogen-bond acceptors (Lipinski definition) is 5. The first-order valence-corrected chi connectivity index (χ1v) is 11.1. The molecule has 1 saturated heterocycles. The summed E-state index contributed by atoms with van der Waals surface area (Å²) in [7, 11) is 3.90. The van der Waals surface area contributed by atoms with Gasteiger partial charge >= 0.3 is 0 Å². The van der Waals surface area contributed by atoms with Crippen LogP contribution in [0.1, 0.15) is 25.0 Å². The number of guanidine groups is 1. The molecule has 0 bridgehead atoms. The van der Waals surface area contributed by atoms with Crippen LogP contribution in [0.4, 0.5) is 5.69 Å². The van der Waals surface area contributed by atoms with Crippen molar-refractivity contribution < 1.29 is 13.9 Å². The predicted octanol–water partition coefficient (Wildman–Crippen LogP) is 3.08. The van der Waals surface area contributed by atoms with Crippen molar-refractivity contribution in [2.24, 2.45) is 4.99 Å². The van der Waals surface area contributed by atoms with Gasteiger partial charge in [0.1, 0.15) is 5.76 Å². The molecule has 7 heteroatoms. The third-order valence-electron chi connectivity index (χ3n) is 5.77. The minimum Gasteiger partial charge on any atom is -0.469 e. The van der Waals surface area contributed by atoms with Crippen molar-refractivity contribution in [3.63, 3.8) is 0 Å². The fourth-order valence-corrected chi connectivity index (χ4v) is 3.66. The molecule has 7 nitrogen and oxygen atoms in total. The van der Waals surface area contributed by atoms with Gasteiger partial charge in [0, 0.05) is 72.0 Å². The molecule has 1 aliphatic rings. The molecule has 170 valence electrons. The molecule has 2 aromatic rings. The fraction of sp³-hybridized carbons (Fsp3) is 0.542. The number of anilines is 1. The van der Waals surface area contributed by atoms with Crippen LogP contribution in [0.5, 0.6) is 0 Å². The minimum absolute atomic E-state index is 0.235. The first-order valence-electron chi connectivity index (χ1n) is 11.1. The molecule has 1 aromatic heterocycles. The van der Waals surface area contributed by atoms with Crippen LogP contribution in [0.25, 0.3) is 0 Å². The zero-order valence-electron chi connectivity index (χ0n) is 18.8. The molecule has 0 aliphatic carbocycles. The highest BCUT2D eigenvalue weighted by molar-refractivity contribution is 5.79. The van der Waals surface area contributed by atoms with Gasteiger partial charge in [-0.05, 0) is 30.7 Å². The van der Waals surface area contributed by atoms with Crippen molar-refractivity contribution in [3.8, 4) is 0 Å². The van der Waals surface area contributed by atoms with E-state index < -0.39 is 0 Å². The monoisotopic (exact) mass is 428 g/mol. The summed E-state index contributed by atoms with van der Waals surface area (Å²) in [4.78, 5) is 7.12. The van der Waals surface area contributed by atoms with E-state index in [4.69, 9.17) is 18.9 Å². The van der Waals surface area contributed by atoms with Crippen molar-refractivity contribution >= 4 is 11.6 Å². The molecule has 1 aromatic carbocycles. The van der Waals surface area contributed by atoms with Crippen LogP contribution in [0.3, 0.4) is 0 Å². The fourth-order valence-electron chi connectivity index (χ4n) is 3.66. The maximum atomic E-state index is 5.83. The average Bonchev–Trinajstić information content (AvgIpc) is 3.34. The maximum absolute atomic E-state index is 5.83. The number of nitrogens with zero attached hydrogens (tertiary/aromatic N) is 2. The molecule has 2 heterocycles. The predicted molar refractivity (Wildman–Crippen MR) is 125 cm³/mol. The number of ether oxygens (including phenoxy) is 2. The summed E-state index contributed by atoms with van der Waals surface area (Å²) in [6.07, 6.45) is 5.27.